The first-order chi connectivity index (χ1) is 9.40. The van der Waals surface area contributed by atoms with Gasteiger partial charge in [0.25, 0.3) is 5.91 Å². The van der Waals surface area contributed by atoms with Gasteiger partial charge in [0.05, 0.1) is 12.8 Å². The molecule has 0 unspecified atom stereocenters. The molecule has 0 saturated carbocycles. The van der Waals surface area contributed by atoms with Crippen LogP contribution >= 0.6 is 0 Å². The van der Waals surface area contributed by atoms with Crippen molar-refractivity contribution in [3.8, 4) is 5.75 Å². The third-order valence-electron chi connectivity index (χ3n) is 2.18. The first kappa shape index (κ1) is 16.0. The van der Waals surface area contributed by atoms with E-state index in [0.29, 0.717) is 6.61 Å². The Morgan fingerprint density at radius 2 is 1.95 bits per heavy atom. The average molecular weight is 278 g/mol. The molecular weight excluding hydrogens is 256 g/mol. The fourth-order valence-electron chi connectivity index (χ4n) is 1.47. The highest BCUT2D eigenvalue weighted by molar-refractivity contribution is 5.80. The Morgan fingerprint density at radius 1 is 1.30 bits per heavy atom. The molecule has 1 N–H and O–H groups in total. The largest absolute Gasteiger partial charge is 0.494 e. The fourth-order valence-corrected chi connectivity index (χ4v) is 1.47. The average Bonchev–Trinajstić information content (AvgIpc) is 2.35. The second-order valence-electron chi connectivity index (χ2n) is 5.31. The van der Waals surface area contributed by atoms with Crippen LogP contribution in [0, 0.1) is 0 Å². The molecule has 1 aromatic rings. The molecular formula is C15H22N2O3. The van der Waals surface area contributed by atoms with Crippen LogP contribution in [0.1, 0.15) is 33.3 Å². The summed E-state index contributed by atoms with van der Waals surface area (Å²) >= 11 is 0. The van der Waals surface area contributed by atoms with Crippen LogP contribution in [0.4, 0.5) is 0 Å². The molecule has 110 valence electrons. The molecule has 5 nitrogen and oxygen atoms in total. The van der Waals surface area contributed by atoms with Gasteiger partial charge < -0.3 is 14.9 Å². The van der Waals surface area contributed by atoms with Crippen molar-refractivity contribution in [1.29, 1.82) is 0 Å². The van der Waals surface area contributed by atoms with Crippen LogP contribution in [-0.2, 0) is 9.63 Å². The zero-order chi connectivity index (χ0) is 15.0. The summed E-state index contributed by atoms with van der Waals surface area (Å²) in [6, 6.07) is 7.45. The molecule has 0 aliphatic heterocycles. The molecule has 0 saturated heterocycles. The zero-order valence-electron chi connectivity index (χ0n) is 12.5. The van der Waals surface area contributed by atoms with Gasteiger partial charge >= 0.3 is 0 Å². The normalized spacial score (nSPS) is 11.4. The number of ether oxygens (including phenoxy) is 1. The standard InChI is InChI=1S/C15H22N2O3/c1-5-19-13-8-6-12(7-9-13)10-16-20-11-14(18)17-15(2,3)4/h6-10H,5,11H2,1-4H3,(H,17,18)/b16-10-. The van der Waals surface area contributed by atoms with E-state index in [-0.39, 0.29) is 18.1 Å². The molecule has 1 rings (SSSR count). The van der Waals surface area contributed by atoms with E-state index in [0.717, 1.165) is 11.3 Å². The highest BCUT2D eigenvalue weighted by atomic mass is 16.6. The lowest BCUT2D eigenvalue weighted by Crippen LogP contribution is -2.42. The van der Waals surface area contributed by atoms with Gasteiger partial charge in [-0.1, -0.05) is 5.16 Å². The second-order valence-corrected chi connectivity index (χ2v) is 5.31. The van der Waals surface area contributed by atoms with Gasteiger partial charge in [-0.15, -0.1) is 0 Å². The van der Waals surface area contributed by atoms with Crippen molar-refractivity contribution in [3.05, 3.63) is 29.8 Å². The summed E-state index contributed by atoms with van der Waals surface area (Å²) in [5, 5.41) is 6.55. The quantitative estimate of drug-likeness (QED) is 0.642. The molecule has 20 heavy (non-hydrogen) atoms. The van der Waals surface area contributed by atoms with Crippen molar-refractivity contribution in [2.45, 2.75) is 33.2 Å². The summed E-state index contributed by atoms with van der Waals surface area (Å²) in [4.78, 5) is 16.4. The number of nitrogens with zero attached hydrogens (tertiary/aromatic N) is 1. The van der Waals surface area contributed by atoms with Gasteiger partial charge in [0, 0.05) is 5.54 Å². The van der Waals surface area contributed by atoms with Crippen LogP contribution in [-0.4, -0.2) is 30.9 Å². The Kier molecular flexibility index (Phi) is 6.03. The Morgan fingerprint density at radius 3 is 2.50 bits per heavy atom. The molecule has 0 heterocycles. The van der Waals surface area contributed by atoms with Crippen molar-refractivity contribution < 1.29 is 14.4 Å². The molecule has 0 aliphatic rings. The summed E-state index contributed by atoms with van der Waals surface area (Å²) in [7, 11) is 0. The minimum Gasteiger partial charge on any atom is -0.494 e. The lowest BCUT2D eigenvalue weighted by atomic mass is 10.1. The molecule has 1 amide bonds. The minimum absolute atomic E-state index is 0.0925. The lowest BCUT2D eigenvalue weighted by molar-refractivity contribution is -0.127. The molecule has 0 bridgehead atoms. The van der Waals surface area contributed by atoms with Crippen molar-refractivity contribution in [3.63, 3.8) is 0 Å². The molecule has 0 radical (unpaired) electrons. The summed E-state index contributed by atoms with van der Waals surface area (Å²) in [6.07, 6.45) is 1.56. The van der Waals surface area contributed by atoms with Gasteiger partial charge in [-0.05, 0) is 57.5 Å². The summed E-state index contributed by atoms with van der Waals surface area (Å²) in [5.74, 6) is 0.622. The first-order valence-corrected chi connectivity index (χ1v) is 6.60. The van der Waals surface area contributed by atoms with Crippen molar-refractivity contribution in [1.82, 2.24) is 5.32 Å². The van der Waals surface area contributed by atoms with Gasteiger partial charge in [-0.3, -0.25) is 4.79 Å². The van der Waals surface area contributed by atoms with E-state index < -0.39 is 0 Å². The predicted molar refractivity (Wildman–Crippen MR) is 79.1 cm³/mol. The highest BCUT2D eigenvalue weighted by Crippen LogP contribution is 2.10. The van der Waals surface area contributed by atoms with Crippen LogP contribution in [0.15, 0.2) is 29.4 Å². The van der Waals surface area contributed by atoms with E-state index in [1.54, 1.807) is 6.21 Å². The number of rotatable bonds is 6. The van der Waals surface area contributed by atoms with E-state index in [1.165, 1.54) is 0 Å². The van der Waals surface area contributed by atoms with Gasteiger partial charge in [0.15, 0.2) is 6.61 Å². The first-order valence-electron chi connectivity index (χ1n) is 6.60. The summed E-state index contributed by atoms with van der Waals surface area (Å²) in [6.45, 7) is 8.21. The molecule has 1 aromatic carbocycles. The summed E-state index contributed by atoms with van der Waals surface area (Å²) in [5.41, 5.74) is 0.615. The van der Waals surface area contributed by atoms with Crippen LogP contribution in [0.3, 0.4) is 0 Å². The third kappa shape index (κ3) is 6.78. The zero-order valence-corrected chi connectivity index (χ0v) is 12.5. The van der Waals surface area contributed by atoms with Crippen LogP contribution < -0.4 is 10.1 Å². The third-order valence-corrected chi connectivity index (χ3v) is 2.18. The molecule has 0 spiro atoms. The fraction of sp³-hybridized carbons (Fsp3) is 0.467. The van der Waals surface area contributed by atoms with Gasteiger partial charge in [-0.2, -0.15) is 0 Å². The molecule has 0 atom stereocenters. The monoisotopic (exact) mass is 278 g/mol. The highest BCUT2D eigenvalue weighted by Gasteiger charge is 2.13. The Labute approximate surface area is 120 Å². The van der Waals surface area contributed by atoms with Crippen LogP contribution in [0.2, 0.25) is 0 Å². The van der Waals surface area contributed by atoms with Crippen molar-refractivity contribution >= 4 is 12.1 Å². The van der Waals surface area contributed by atoms with Gasteiger partial charge in [0.1, 0.15) is 5.75 Å². The molecule has 5 heteroatoms. The lowest BCUT2D eigenvalue weighted by Gasteiger charge is -2.19. The smallest absolute Gasteiger partial charge is 0.261 e. The maximum Gasteiger partial charge on any atom is 0.261 e. The minimum atomic E-state index is -0.265. The SMILES string of the molecule is CCOc1ccc(/C=N\OCC(=O)NC(C)(C)C)cc1. The number of carbonyl (C=O) groups excluding carboxylic acids is 1. The molecule has 0 aliphatic carbocycles. The van der Waals surface area contributed by atoms with E-state index in [2.05, 4.69) is 10.5 Å². The van der Waals surface area contributed by atoms with Crippen LogP contribution in [0.5, 0.6) is 5.75 Å². The maximum atomic E-state index is 11.5. The van der Waals surface area contributed by atoms with Gasteiger partial charge in [0.2, 0.25) is 0 Å². The predicted octanol–water partition coefficient (Wildman–Crippen LogP) is 2.35. The number of hydrogen-bond acceptors (Lipinski definition) is 4. The van der Waals surface area contributed by atoms with Crippen LogP contribution in [0.25, 0.3) is 0 Å². The van der Waals surface area contributed by atoms with Crippen molar-refractivity contribution in [2.75, 3.05) is 13.2 Å². The van der Waals surface area contributed by atoms with E-state index in [9.17, 15) is 4.79 Å². The number of hydrogen-bond donors (Lipinski definition) is 1. The Hall–Kier alpha value is -2.04. The number of carbonyl (C=O) groups is 1. The molecule has 0 fully saturated rings. The molecule has 0 aromatic heterocycles. The van der Waals surface area contributed by atoms with E-state index >= 15 is 0 Å². The number of oxime groups is 1. The number of nitrogens with one attached hydrogen (secondary N) is 1. The van der Waals surface area contributed by atoms with Gasteiger partial charge in [-0.25, -0.2) is 0 Å². The topological polar surface area (TPSA) is 59.9 Å². The second kappa shape index (κ2) is 7.53. The number of amides is 1. The summed E-state index contributed by atoms with van der Waals surface area (Å²) < 4.78 is 5.34. The van der Waals surface area contributed by atoms with E-state index in [4.69, 9.17) is 9.57 Å². The van der Waals surface area contributed by atoms with E-state index in [1.807, 2.05) is 52.0 Å². The maximum absolute atomic E-state index is 11.5. The Balaban J connectivity index is 2.36. The number of benzene rings is 1. The van der Waals surface area contributed by atoms with Crippen molar-refractivity contribution in [2.24, 2.45) is 5.16 Å². The Bertz CT molecular complexity index is 447.